The summed E-state index contributed by atoms with van der Waals surface area (Å²) >= 11 is 0. The van der Waals surface area contributed by atoms with Crippen LogP contribution in [0.25, 0.3) is 22.3 Å². The highest BCUT2D eigenvalue weighted by atomic mass is 31.1. The molecule has 0 atom stereocenters. The number of aromatic hydroxyl groups is 1. The number of phenolic OH excluding ortho intramolecular Hbond substituents is 1. The Hall–Kier alpha value is -1.70. The van der Waals surface area contributed by atoms with Gasteiger partial charge in [-0.05, 0) is 22.8 Å². The second kappa shape index (κ2) is 4.44. The molecule has 0 saturated carbocycles. The summed E-state index contributed by atoms with van der Waals surface area (Å²) in [6, 6.07) is 13.8. The number of benzene rings is 2. The van der Waals surface area contributed by atoms with Crippen LogP contribution in [-0.2, 0) is 4.57 Å². The van der Waals surface area contributed by atoms with E-state index in [0.717, 1.165) is 16.7 Å². The molecule has 2 aromatic rings. The molecule has 0 fully saturated rings. The van der Waals surface area contributed by atoms with E-state index in [0.29, 0.717) is 5.75 Å². The maximum absolute atomic E-state index is 9.60. The Kier molecular flexibility index (Phi) is 3.00. The van der Waals surface area contributed by atoms with Gasteiger partial charge >= 0.3 is 8.69 Å². The molecule has 0 saturated heterocycles. The molecular formula is C12H9O3P. The minimum Gasteiger partial charge on any atom is -0.507 e. The van der Waals surface area contributed by atoms with Gasteiger partial charge in [0.2, 0.25) is 0 Å². The second-order valence-electron chi connectivity index (χ2n) is 3.33. The van der Waals surface area contributed by atoms with Crippen LogP contribution in [0.1, 0.15) is 0 Å². The fourth-order valence-electron chi connectivity index (χ4n) is 1.92. The zero-order chi connectivity index (χ0) is 11.5. The van der Waals surface area contributed by atoms with Crippen LogP contribution in [0.15, 0.2) is 42.5 Å². The highest BCUT2D eigenvalue weighted by Gasteiger charge is 2.23. The van der Waals surface area contributed by atoms with Crippen LogP contribution >= 0.6 is 8.69 Å². The number of rotatable bonds is 0. The summed E-state index contributed by atoms with van der Waals surface area (Å²) in [5.41, 5.74) is 4.57. The van der Waals surface area contributed by atoms with Crippen molar-refractivity contribution in [3.05, 3.63) is 42.5 Å². The monoisotopic (exact) mass is 232 g/mol. The molecule has 80 valence electrons. The fraction of sp³-hybridized carbons (Fsp3) is 0. The third kappa shape index (κ3) is 1.60. The van der Waals surface area contributed by atoms with Crippen LogP contribution in [0.2, 0.25) is 0 Å². The van der Waals surface area contributed by atoms with Gasteiger partial charge in [-0.3, -0.25) is 0 Å². The average Bonchev–Trinajstić information content (AvgIpc) is 2.26. The molecule has 0 aromatic heterocycles. The lowest BCUT2D eigenvalue weighted by Gasteiger charge is -2.24. The van der Waals surface area contributed by atoms with Gasteiger partial charge in [-0.2, -0.15) is 0 Å². The molecule has 3 rings (SSSR count). The molecule has 0 aliphatic heterocycles. The molecule has 16 heavy (non-hydrogen) atoms. The Bertz CT molecular complexity index is 538. The van der Waals surface area contributed by atoms with Gasteiger partial charge < -0.3 is 10.00 Å². The van der Waals surface area contributed by atoms with E-state index in [-0.39, 0.29) is 0 Å². The maximum atomic E-state index is 9.60. The molecule has 0 heterocycles. The van der Waals surface area contributed by atoms with Gasteiger partial charge in [0.25, 0.3) is 0 Å². The molecule has 3 nitrogen and oxygen atoms in total. The van der Waals surface area contributed by atoms with Crippen molar-refractivity contribution in [1.82, 2.24) is 0 Å². The molecule has 0 radical (unpaired) electrons. The van der Waals surface area contributed by atoms with E-state index in [1.165, 1.54) is 5.56 Å². The lowest BCUT2D eigenvalue weighted by atomic mass is 9.80. The third-order valence-corrected chi connectivity index (χ3v) is 2.53. The van der Waals surface area contributed by atoms with Crippen LogP contribution in [0, 0.1) is 0 Å². The van der Waals surface area contributed by atoms with E-state index in [9.17, 15) is 5.11 Å². The Labute approximate surface area is 94.3 Å². The minimum absolute atomic E-state index is 0.385. The summed E-state index contributed by atoms with van der Waals surface area (Å²) < 4.78 is 8.46. The van der Waals surface area contributed by atoms with Crippen LogP contribution in [-0.4, -0.2) is 10.00 Å². The van der Waals surface area contributed by atoms with E-state index in [1.807, 2.05) is 30.3 Å². The van der Waals surface area contributed by atoms with E-state index in [2.05, 4.69) is 6.07 Å². The Balaban J connectivity index is 0.000000292. The molecule has 2 aromatic carbocycles. The van der Waals surface area contributed by atoms with Crippen LogP contribution < -0.4 is 0 Å². The summed E-state index contributed by atoms with van der Waals surface area (Å²) in [4.78, 5) is 6.99. The molecule has 0 amide bonds. The summed E-state index contributed by atoms with van der Waals surface area (Å²) in [7, 11) is -0.833. The van der Waals surface area contributed by atoms with Crippen molar-refractivity contribution >= 4 is 8.69 Å². The molecule has 1 aliphatic carbocycles. The Morgan fingerprint density at radius 3 is 2.12 bits per heavy atom. The lowest BCUT2D eigenvalue weighted by molar-refractivity contribution is 0.477. The van der Waals surface area contributed by atoms with Gasteiger partial charge in [0, 0.05) is 5.56 Å². The summed E-state index contributed by atoms with van der Waals surface area (Å²) in [5.74, 6) is 0.385. The van der Waals surface area contributed by atoms with Crippen molar-refractivity contribution in [2.45, 2.75) is 0 Å². The van der Waals surface area contributed by atoms with Gasteiger partial charge in [-0.25, -0.2) is 4.57 Å². The maximum Gasteiger partial charge on any atom is 0.324 e. The molecule has 1 aliphatic rings. The first-order valence-electron chi connectivity index (χ1n) is 4.68. The van der Waals surface area contributed by atoms with Gasteiger partial charge in [-0.15, -0.1) is 0 Å². The van der Waals surface area contributed by atoms with E-state index < -0.39 is 8.69 Å². The van der Waals surface area contributed by atoms with Gasteiger partial charge in [0.15, 0.2) is 0 Å². The number of hydrogen-bond acceptors (Lipinski definition) is 2. The van der Waals surface area contributed by atoms with Gasteiger partial charge in [-0.1, -0.05) is 36.4 Å². The first kappa shape index (κ1) is 10.8. The highest BCUT2D eigenvalue weighted by molar-refractivity contribution is 7.16. The zero-order valence-electron chi connectivity index (χ0n) is 8.29. The molecule has 0 spiro atoms. The van der Waals surface area contributed by atoms with E-state index >= 15 is 0 Å². The predicted molar refractivity (Wildman–Crippen MR) is 62.4 cm³/mol. The van der Waals surface area contributed by atoms with Crippen LogP contribution in [0.3, 0.4) is 0 Å². The molecule has 0 unspecified atom stereocenters. The smallest absolute Gasteiger partial charge is 0.324 e. The van der Waals surface area contributed by atoms with Crippen molar-refractivity contribution < 1.29 is 14.6 Å². The fourth-order valence-corrected chi connectivity index (χ4v) is 1.92. The number of hydrogen-bond donors (Lipinski definition) is 2. The summed E-state index contributed by atoms with van der Waals surface area (Å²) in [6.45, 7) is 0. The highest BCUT2D eigenvalue weighted by Crippen LogP contribution is 2.50. The third-order valence-electron chi connectivity index (χ3n) is 2.53. The van der Waals surface area contributed by atoms with Crippen molar-refractivity contribution in [2.75, 3.05) is 0 Å². The largest absolute Gasteiger partial charge is 0.507 e. The summed E-state index contributed by atoms with van der Waals surface area (Å²) in [6.07, 6.45) is 0. The van der Waals surface area contributed by atoms with E-state index in [4.69, 9.17) is 9.46 Å². The van der Waals surface area contributed by atoms with Crippen LogP contribution in [0.5, 0.6) is 5.75 Å². The predicted octanol–water partition coefficient (Wildman–Crippen LogP) is 3.23. The molecular weight excluding hydrogens is 223 g/mol. The van der Waals surface area contributed by atoms with Crippen molar-refractivity contribution in [3.63, 3.8) is 0 Å². The molecule has 0 bridgehead atoms. The molecule has 4 heteroatoms. The molecule has 2 N–H and O–H groups in total. The van der Waals surface area contributed by atoms with Crippen molar-refractivity contribution in [3.8, 4) is 28.0 Å². The Morgan fingerprint density at radius 1 is 0.875 bits per heavy atom. The average molecular weight is 232 g/mol. The van der Waals surface area contributed by atoms with Crippen molar-refractivity contribution in [2.24, 2.45) is 0 Å². The quantitative estimate of drug-likeness (QED) is 0.585. The Morgan fingerprint density at radius 2 is 1.44 bits per heavy atom. The van der Waals surface area contributed by atoms with E-state index in [1.54, 1.807) is 6.07 Å². The minimum atomic E-state index is -0.833. The zero-order valence-corrected chi connectivity index (χ0v) is 9.19. The lowest BCUT2D eigenvalue weighted by Crippen LogP contribution is -1.97. The van der Waals surface area contributed by atoms with Gasteiger partial charge in [0.1, 0.15) is 5.75 Å². The number of fused-ring (bicyclic) bond motifs is 4. The SMILES string of the molecule is O=PO.Oc1cccc2c1-c1ccccc1-2. The number of phenols is 1. The normalized spacial score (nSPS) is 10.6. The standard InChI is InChI=1S/C12H8O.HO2P/c13-11-7-3-6-10-8-4-1-2-5-9(8)12(10)11;1-3-2/h1-7,13H;(H,1,2). The van der Waals surface area contributed by atoms with Gasteiger partial charge in [0.05, 0.1) is 0 Å². The summed E-state index contributed by atoms with van der Waals surface area (Å²) in [5, 5.41) is 9.60. The first-order valence-corrected chi connectivity index (χ1v) is 5.44. The first-order chi connectivity index (χ1) is 7.79. The van der Waals surface area contributed by atoms with Crippen LogP contribution in [0.4, 0.5) is 0 Å². The van der Waals surface area contributed by atoms with Crippen molar-refractivity contribution in [1.29, 1.82) is 0 Å². The topological polar surface area (TPSA) is 57.5 Å². The second-order valence-corrected chi connectivity index (χ2v) is 3.49.